The largest absolute Gasteiger partial charge is 0.392 e. The van der Waals surface area contributed by atoms with Crippen LogP contribution >= 0.6 is 0 Å². The lowest BCUT2D eigenvalue weighted by Crippen LogP contribution is -2.19. The van der Waals surface area contributed by atoms with E-state index in [1.54, 1.807) is 12.1 Å². The monoisotopic (exact) mass is 208 g/mol. The fourth-order valence-electron chi connectivity index (χ4n) is 1.72. The minimum absolute atomic E-state index is 0.114. The van der Waals surface area contributed by atoms with E-state index in [0.717, 1.165) is 25.9 Å². The Balaban J connectivity index is 2.33. The molecule has 2 N–H and O–H groups in total. The molecule has 0 saturated carbocycles. The van der Waals surface area contributed by atoms with E-state index in [0.29, 0.717) is 5.82 Å². The highest BCUT2D eigenvalue weighted by molar-refractivity contribution is 5.58. The van der Waals surface area contributed by atoms with Crippen LogP contribution in [0.4, 0.5) is 17.3 Å². The third kappa shape index (κ3) is 1.83. The second-order valence-electron chi connectivity index (χ2n) is 3.53. The van der Waals surface area contributed by atoms with Crippen LogP contribution in [-0.2, 0) is 0 Å². The molecule has 1 aromatic heterocycles. The van der Waals surface area contributed by atoms with Gasteiger partial charge in [0.15, 0.2) is 0 Å². The average Bonchev–Trinajstić information content (AvgIpc) is 2.71. The molecule has 1 aromatic rings. The number of aromatic nitrogens is 1. The van der Waals surface area contributed by atoms with E-state index in [-0.39, 0.29) is 11.5 Å². The molecule has 0 bridgehead atoms. The zero-order valence-electron chi connectivity index (χ0n) is 8.22. The van der Waals surface area contributed by atoms with Crippen molar-refractivity contribution in [1.82, 2.24) is 4.98 Å². The first-order chi connectivity index (χ1) is 7.18. The summed E-state index contributed by atoms with van der Waals surface area (Å²) in [6, 6.07) is 3.27. The third-order valence-electron chi connectivity index (χ3n) is 2.49. The Morgan fingerprint density at radius 3 is 2.67 bits per heavy atom. The van der Waals surface area contributed by atoms with E-state index in [1.807, 2.05) is 4.90 Å². The highest BCUT2D eigenvalue weighted by Gasteiger charge is 2.21. The summed E-state index contributed by atoms with van der Waals surface area (Å²) in [4.78, 5) is 16.1. The van der Waals surface area contributed by atoms with E-state index >= 15 is 0 Å². The summed E-state index contributed by atoms with van der Waals surface area (Å²) in [6.07, 6.45) is 2.22. The molecule has 2 heterocycles. The van der Waals surface area contributed by atoms with Crippen LogP contribution in [0.3, 0.4) is 0 Å². The topological polar surface area (TPSA) is 85.3 Å². The SMILES string of the molecule is Nc1ccc(N2CCCC2)nc1[N+](=O)[O-]. The van der Waals surface area contributed by atoms with Crippen molar-refractivity contribution in [3.63, 3.8) is 0 Å². The quantitative estimate of drug-likeness (QED) is 0.582. The standard InChI is InChI=1S/C9H12N4O2/c10-7-3-4-8(11-9(7)13(14)15)12-5-1-2-6-12/h3-4H,1-2,5-6,10H2. The average molecular weight is 208 g/mol. The van der Waals surface area contributed by atoms with Crippen LogP contribution in [0.2, 0.25) is 0 Å². The van der Waals surface area contributed by atoms with E-state index in [4.69, 9.17) is 5.73 Å². The molecular weight excluding hydrogens is 196 g/mol. The molecule has 80 valence electrons. The highest BCUT2D eigenvalue weighted by atomic mass is 16.6. The second-order valence-corrected chi connectivity index (χ2v) is 3.53. The molecule has 6 heteroatoms. The number of hydrogen-bond acceptors (Lipinski definition) is 5. The zero-order chi connectivity index (χ0) is 10.8. The van der Waals surface area contributed by atoms with Gasteiger partial charge in [-0.15, -0.1) is 0 Å². The third-order valence-corrected chi connectivity index (χ3v) is 2.49. The predicted octanol–water partition coefficient (Wildman–Crippen LogP) is 1.17. The summed E-state index contributed by atoms with van der Waals surface area (Å²) in [5, 5.41) is 10.6. The molecular formula is C9H12N4O2. The first-order valence-electron chi connectivity index (χ1n) is 4.84. The second kappa shape index (κ2) is 3.72. The normalized spacial score (nSPS) is 15.6. The van der Waals surface area contributed by atoms with Crippen molar-refractivity contribution in [3.05, 3.63) is 22.2 Å². The Bertz CT molecular complexity index is 388. The van der Waals surface area contributed by atoms with Crippen LogP contribution in [-0.4, -0.2) is 23.0 Å². The summed E-state index contributed by atoms with van der Waals surface area (Å²) in [7, 11) is 0. The van der Waals surface area contributed by atoms with Crippen molar-refractivity contribution >= 4 is 17.3 Å². The van der Waals surface area contributed by atoms with Crippen LogP contribution < -0.4 is 10.6 Å². The van der Waals surface area contributed by atoms with Gasteiger partial charge in [-0.3, -0.25) is 0 Å². The maximum absolute atomic E-state index is 10.6. The molecule has 0 aromatic carbocycles. The molecule has 1 aliphatic rings. The number of rotatable bonds is 2. The van der Waals surface area contributed by atoms with Crippen LogP contribution in [0.5, 0.6) is 0 Å². The molecule has 0 spiro atoms. The predicted molar refractivity (Wildman–Crippen MR) is 56.8 cm³/mol. The van der Waals surface area contributed by atoms with E-state index < -0.39 is 4.92 Å². The summed E-state index contributed by atoms with van der Waals surface area (Å²) in [6.45, 7) is 1.82. The summed E-state index contributed by atoms with van der Waals surface area (Å²) in [5.41, 5.74) is 5.58. The van der Waals surface area contributed by atoms with Crippen LogP contribution in [0.1, 0.15) is 12.8 Å². The molecule has 0 aliphatic carbocycles. The van der Waals surface area contributed by atoms with Gasteiger partial charge in [0.1, 0.15) is 5.69 Å². The van der Waals surface area contributed by atoms with Gasteiger partial charge < -0.3 is 20.7 Å². The lowest BCUT2D eigenvalue weighted by Gasteiger charge is -2.12. The first-order valence-corrected chi connectivity index (χ1v) is 4.84. The molecule has 1 saturated heterocycles. The van der Waals surface area contributed by atoms with Gasteiger partial charge in [-0.25, -0.2) is 0 Å². The molecule has 2 rings (SSSR count). The van der Waals surface area contributed by atoms with Gasteiger partial charge in [0.2, 0.25) is 5.82 Å². The van der Waals surface area contributed by atoms with Crippen molar-refractivity contribution in [2.75, 3.05) is 23.7 Å². The van der Waals surface area contributed by atoms with Gasteiger partial charge in [0.25, 0.3) is 0 Å². The van der Waals surface area contributed by atoms with Gasteiger partial charge >= 0.3 is 5.82 Å². The van der Waals surface area contributed by atoms with Crippen molar-refractivity contribution in [1.29, 1.82) is 0 Å². The zero-order valence-corrected chi connectivity index (χ0v) is 8.22. The number of nitro groups is 1. The van der Waals surface area contributed by atoms with Crippen LogP contribution in [0.15, 0.2) is 12.1 Å². The van der Waals surface area contributed by atoms with Gasteiger partial charge in [0.05, 0.1) is 0 Å². The lowest BCUT2D eigenvalue weighted by molar-refractivity contribution is -0.388. The first kappa shape index (κ1) is 9.70. The number of nitrogens with two attached hydrogens (primary N) is 1. The Kier molecular flexibility index (Phi) is 2.40. The van der Waals surface area contributed by atoms with Crippen molar-refractivity contribution in [3.8, 4) is 0 Å². The van der Waals surface area contributed by atoms with Crippen LogP contribution in [0.25, 0.3) is 0 Å². The lowest BCUT2D eigenvalue weighted by atomic mass is 10.3. The Labute approximate surface area is 86.9 Å². The Morgan fingerprint density at radius 1 is 1.40 bits per heavy atom. The Hall–Kier alpha value is -1.85. The maximum atomic E-state index is 10.6. The molecule has 6 nitrogen and oxygen atoms in total. The number of hydrogen-bond donors (Lipinski definition) is 1. The molecule has 0 amide bonds. The minimum atomic E-state index is -0.547. The molecule has 1 fully saturated rings. The number of nitrogens with zero attached hydrogens (tertiary/aromatic N) is 3. The fourth-order valence-corrected chi connectivity index (χ4v) is 1.72. The number of pyridine rings is 1. The molecule has 0 radical (unpaired) electrons. The van der Waals surface area contributed by atoms with Crippen molar-refractivity contribution < 1.29 is 4.92 Å². The van der Waals surface area contributed by atoms with Gasteiger partial charge in [-0.05, 0) is 28.8 Å². The van der Waals surface area contributed by atoms with Gasteiger partial charge in [0, 0.05) is 19.2 Å². The fraction of sp³-hybridized carbons (Fsp3) is 0.444. The van der Waals surface area contributed by atoms with Gasteiger partial charge in [-0.2, -0.15) is 0 Å². The van der Waals surface area contributed by atoms with E-state index in [1.165, 1.54) is 0 Å². The maximum Gasteiger partial charge on any atom is 0.388 e. The molecule has 15 heavy (non-hydrogen) atoms. The van der Waals surface area contributed by atoms with Crippen LogP contribution in [0, 0.1) is 10.1 Å². The molecule has 0 atom stereocenters. The van der Waals surface area contributed by atoms with Gasteiger partial charge in [-0.1, -0.05) is 0 Å². The Morgan fingerprint density at radius 2 is 2.07 bits per heavy atom. The minimum Gasteiger partial charge on any atom is -0.392 e. The smallest absolute Gasteiger partial charge is 0.388 e. The molecule has 1 aliphatic heterocycles. The van der Waals surface area contributed by atoms with Crippen molar-refractivity contribution in [2.24, 2.45) is 0 Å². The molecule has 0 unspecified atom stereocenters. The number of nitrogen functional groups attached to an aromatic ring is 1. The summed E-state index contributed by atoms with van der Waals surface area (Å²) >= 11 is 0. The van der Waals surface area contributed by atoms with E-state index in [2.05, 4.69) is 4.98 Å². The summed E-state index contributed by atoms with van der Waals surface area (Å²) < 4.78 is 0. The number of anilines is 2. The van der Waals surface area contributed by atoms with E-state index in [9.17, 15) is 10.1 Å². The summed E-state index contributed by atoms with van der Waals surface area (Å²) in [5.74, 6) is 0.396. The van der Waals surface area contributed by atoms with Crippen molar-refractivity contribution in [2.45, 2.75) is 12.8 Å². The highest BCUT2D eigenvalue weighted by Crippen LogP contribution is 2.24.